The van der Waals surface area contributed by atoms with Crippen molar-refractivity contribution in [3.63, 3.8) is 0 Å². The molecule has 0 spiro atoms. The summed E-state index contributed by atoms with van der Waals surface area (Å²) >= 11 is 7.05. The van der Waals surface area contributed by atoms with Gasteiger partial charge >= 0.3 is 0 Å². The molecule has 0 saturated carbocycles. The minimum Gasteiger partial charge on any atom is -0.325 e. The Bertz CT molecular complexity index is 991. The number of nitrogens with zero attached hydrogens (tertiary/aromatic N) is 1. The molecule has 10 heteroatoms. The van der Waals surface area contributed by atoms with Gasteiger partial charge < -0.3 is 10.2 Å². The van der Waals surface area contributed by atoms with Gasteiger partial charge in [-0.2, -0.15) is 0 Å². The second-order valence-corrected chi connectivity index (χ2v) is 9.40. The largest absolute Gasteiger partial charge is 0.325 e. The third-order valence-electron chi connectivity index (χ3n) is 4.46. The molecule has 0 unspecified atom stereocenters. The van der Waals surface area contributed by atoms with E-state index in [4.69, 9.17) is 11.6 Å². The van der Waals surface area contributed by atoms with Crippen LogP contribution in [0.3, 0.4) is 0 Å². The third kappa shape index (κ3) is 2.90. The summed E-state index contributed by atoms with van der Waals surface area (Å²) in [5, 5.41) is 4.76. The minimum absolute atomic E-state index is 0.173. The van der Waals surface area contributed by atoms with E-state index in [1.165, 1.54) is 17.0 Å². The maximum atomic E-state index is 12.8. The number of thiophene rings is 1. The van der Waals surface area contributed by atoms with Crippen molar-refractivity contribution in [2.75, 3.05) is 11.9 Å². The summed E-state index contributed by atoms with van der Waals surface area (Å²) in [6.45, 7) is 0.288. The number of anilines is 1. The first-order chi connectivity index (χ1) is 12.4. The lowest BCUT2D eigenvalue weighted by Gasteiger charge is -2.24. The molecule has 2 amide bonds. The van der Waals surface area contributed by atoms with E-state index in [1.807, 2.05) is 0 Å². The molecule has 26 heavy (non-hydrogen) atoms. The number of hydrogen-bond acceptors (Lipinski definition) is 5. The predicted molar refractivity (Wildman–Crippen MR) is 98.0 cm³/mol. The van der Waals surface area contributed by atoms with Crippen LogP contribution < -0.4 is 10.0 Å². The van der Waals surface area contributed by atoms with Crippen LogP contribution in [-0.4, -0.2) is 43.8 Å². The van der Waals surface area contributed by atoms with Crippen LogP contribution in [0.1, 0.15) is 16.8 Å². The Morgan fingerprint density at radius 1 is 1.27 bits per heavy atom. The number of nitrogens with one attached hydrogen (secondary N) is 2. The van der Waals surface area contributed by atoms with Gasteiger partial charge in [-0.3, -0.25) is 9.59 Å². The molecule has 2 aliphatic rings. The summed E-state index contributed by atoms with van der Waals surface area (Å²) in [5.41, 5.74) is 0.675. The Labute approximate surface area is 159 Å². The molecule has 4 rings (SSSR count). The smallest absolute Gasteiger partial charge is 0.256 e. The topological polar surface area (TPSA) is 95.6 Å². The van der Waals surface area contributed by atoms with Crippen LogP contribution >= 0.6 is 22.9 Å². The van der Waals surface area contributed by atoms with Gasteiger partial charge in [0.25, 0.3) is 5.91 Å². The molecule has 2 atom stereocenters. The van der Waals surface area contributed by atoms with Crippen LogP contribution in [0, 0.1) is 0 Å². The van der Waals surface area contributed by atoms with E-state index in [0.29, 0.717) is 22.7 Å². The maximum absolute atomic E-state index is 12.8. The van der Waals surface area contributed by atoms with Crippen LogP contribution in [0.5, 0.6) is 0 Å². The maximum Gasteiger partial charge on any atom is 0.256 e. The summed E-state index contributed by atoms with van der Waals surface area (Å²) in [7, 11) is -3.75. The molecule has 3 heterocycles. The van der Waals surface area contributed by atoms with E-state index in [9.17, 15) is 18.0 Å². The van der Waals surface area contributed by atoms with Gasteiger partial charge in [0.2, 0.25) is 15.9 Å². The quantitative estimate of drug-likeness (QED) is 0.806. The zero-order valence-electron chi connectivity index (χ0n) is 13.3. The summed E-state index contributed by atoms with van der Waals surface area (Å²) in [5.74, 6) is -0.756. The fourth-order valence-electron chi connectivity index (χ4n) is 3.31. The third-order valence-corrected chi connectivity index (χ3v) is 7.59. The van der Waals surface area contributed by atoms with Gasteiger partial charge in [-0.1, -0.05) is 17.7 Å². The van der Waals surface area contributed by atoms with Gasteiger partial charge in [-0.05, 0) is 36.1 Å². The highest BCUT2D eigenvalue weighted by molar-refractivity contribution is 7.91. The molecule has 2 aliphatic heterocycles. The molecule has 2 N–H and O–H groups in total. The second kappa shape index (κ2) is 6.34. The van der Waals surface area contributed by atoms with Gasteiger partial charge in [0, 0.05) is 11.6 Å². The fraction of sp³-hybridized carbons (Fsp3) is 0.250. The van der Waals surface area contributed by atoms with Crippen molar-refractivity contribution in [3.05, 3.63) is 46.3 Å². The van der Waals surface area contributed by atoms with Crippen molar-refractivity contribution in [1.29, 1.82) is 0 Å². The molecule has 1 aromatic heterocycles. The highest BCUT2D eigenvalue weighted by Crippen LogP contribution is 2.31. The van der Waals surface area contributed by atoms with Crippen molar-refractivity contribution in [3.8, 4) is 0 Å². The van der Waals surface area contributed by atoms with Crippen LogP contribution in [0.4, 0.5) is 5.69 Å². The summed E-state index contributed by atoms with van der Waals surface area (Å²) in [4.78, 5) is 27.0. The molecule has 0 bridgehead atoms. The highest BCUT2D eigenvalue weighted by atomic mass is 35.5. The molecule has 1 aromatic carbocycles. The van der Waals surface area contributed by atoms with E-state index in [1.54, 1.807) is 23.6 Å². The number of hydrogen-bond donors (Lipinski definition) is 2. The van der Waals surface area contributed by atoms with Crippen LogP contribution in [-0.2, 0) is 14.8 Å². The Morgan fingerprint density at radius 3 is 2.81 bits per heavy atom. The van der Waals surface area contributed by atoms with Crippen molar-refractivity contribution in [2.45, 2.75) is 22.7 Å². The number of carbonyl (C=O) groups excluding carboxylic acids is 2. The molecule has 136 valence electrons. The lowest BCUT2D eigenvalue weighted by Crippen LogP contribution is -2.51. The number of benzene rings is 1. The zero-order valence-corrected chi connectivity index (χ0v) is 15.7. The standard InChI is InChI=1S/C16H14ClN3O4S2/c17-9-3-4-10-12(8-9)18-15(21)14-11(5-6-20(14)16(10)22)19-26(23,24)13-2-1-7-25-13/h1-4,7-8,11,14,19H,5-6H2,(H,18,21)/t11-,14+/m1/s1. The number of halogens is 1. The summed E-state index contributed by atoms with van der Waals surface area (Å²) < 4.78 is 27.8. The molecule has 0 aliphatic carbocycles. The van der Waals surface area contributed by atoms with Crippen LogP contribution in [0.25, 0.3) is 0 Å². The summed E-state index contributed by atoms with van der Waals surface area (Å²) in [6.07, 6.45) is 0.358. The van der Waals surface area contributed by atoms with Gasteiger partial charge in [0.15, 0.2) is 0 Å². The van der Waals surface area contributed by atoms with E-state index in [0.717, 1.165) is 11.3 Å². The van der Waals surface area contributed by atoms with Gasteiger partial charge in [-0.25, -0.2) is 13.1 Å². The van der Waals surface area contributed by atoms with Crippen molar-refractivity contribution >= 4 is 50.5 Å². The monoisotopic (exact) mass is 411 g/mol. The first kappa shape index (κ1) is 17.5. The lowest BCUT2D eigenvalue weighted by molar-refractivity contribution is -0.120. The van der Waals surface area contributed by atoms with Crippen LogP contribution in [0.15, 0.2) is 39.9 Å². The van der Waals surface area contributed by atoms with E-state index >= 15 is 0 Å². The Morgan fingerprint density at radius 2 is 2.08 bits per heavy atom. The van der Waals surface area contributed by atoms with Gasteiger partial charge in [-0.15, -0.1) is 11.3 Å². The van der Waals surface area contributed by atoms with Crippen molar-refractivity contribution in [2.24, 2.45) is 0 Å². The first-order valence-corrected chi connectivity index (χ1v) is 10.6. The van der Waals surface area contributed by atoms with E-state index in [2.05, 4.69) is 10.0 Å². The van der Waals surface area contributed by atoms with E-state index < -0.39 is 28.0 Å². The number of carbonyl (C=O) groups is 2. The van der Waals surface area contributed by atoms with Gasteiger partial charge in [0.1, 0.15) is 10.3 Å². The van der Waals surface area contributed by atoms with Crippen molar-refractivity contribution < 1.29 is 18.0 Å². The number of sulfonamides is 1. The van der Waals surface area contributed by atoms with Gasteiger partial charge in [0.05, 0.1) is 17.3 Å². The predicted octanol–water partition coefficient (Wildman–Crippen LogP) is 1.92. The Kier molecular flexibility index (Phi) is 4.26. The molecular weight excluding hydrogens is 398 g/mol. The number of fused-ring (bicyclic) bond motifs is 2. The van der Waals surface area contributed by atoms with E-state index in [-0.39, 0.29) is 16.7 Å². The normalized spacial score (nSPS) is 22.6. The first-order valence-electron chi connectivity index (χ1n) is 7.84. The minimum atomic E-state index is -3.75. The molecule has 7 nitrogen and oxygen atoms in total. The molecule has 2 aromatic rings. The average molecular weight is 412 g/mol. The second-order valence-electron chi connectivity index (χ2n) is 6.07. The lowest BCUT2D eigenvalue weighted by atomic mass is 10.1. The molecular formula is C16H14ClN3O4S2. The molecule has 0 radical (unpaired) electrons. The highest BCUT2D eigenvalue weighted by Gasteiger charge is 2.46. The summed E-state index contributed by atoms with van der Waals surface area (Å²) in [6, 6.07) is 6.18. The van der Waals surface area contributed by atoms with Crippen LogP contribution in [0.2, 0.25) is 5.02 Å². The number of rotatable bonds is 3. The van der Waals surface area contributed by atoms with Crippen molar-refractivity contribution in [1.82, 2.24) is 9.62 Å². The Balaban J connectivity index is 1.66. The fourth-order valence-corrected chi connectivity index (χ4v) is 5.77. The Hall–Kier alpha value is -1.94. The zero-order chi connectivity index (χ0) is 18.5. The average Bonchev–Trinajstić information content (AvgIpc) is 3.22. The molecule has 1 saturated heterocycles. The SMILES string of the molecule is O=C1Nc2cc(Cl)ccc2C(=O)N2CC[C@@H](NS(=O)(=O)c3cccs3)[C@@H]12. The number of amides is 2. The molecule has 1 fully saturated rings.